The number of nitrogens with one attached hydrogen (secondary N) is 1. The summed E-state index contributed by atoms with van der Waals surface area (Å²) in [6.45, 7) is 9.14. The van der Waals surface area contributed by atoms with E-state index in [0.717, 1.165) is 58.7 Å². The van der Waals surface area contributed by atoms with Gasteiger partial charge in [-0.1, -0.05) is 24.3 Å². The zero-order chi connectivity index (χ0) is 16.1. The van der Waals surface area contributed by atoms with Crippen LogP contribution in [-0.2, 0) is 11.3 Å². The molecule has 2 aliphatic heterocycles. The van der Waals surface area contributed by atoms with Crippen molar-refractivity contribution in [2.45, 2.75) is 32.7 Å². The van der Waals surface area contributed by atoms with Crippen LogP contribution in [0.2, 0.25) is 0 Å². The van der Waals surface area contributed by atoms with Gasteiger partial charge in [0, 0.05) is 39.1 Å². The number of nitrogens with zero attached hydrogens (tertiary/aromatic N) is 2. The summed E-state index contributed by atoms with van der Waals surface area (Å²) in [5.41, 5.74) is 2.76. The predicted octanol–water partition coefficient (Wildman–Crippen LogP) is 2.03. The number of benzene rings is 1. The first-order valence-corrected chi connectivity index (χ1v) is 8.98. The zero-order valence-corrected chi connectivity index (χ0v) is 14.3. The zero-order valence-electron chi connectivity index (χ0n) is 14.3. The van der Waals surface area contributed by atoms with Gasteiger partial charge in [0.25, 0.3) is 0 Å². The fourth-order valence-electron chi connectivity index (χ4n) is 3.63. The molecular weight excluding hydrogens is 286 g/mol. The van der Waals surface area contributed by atoms with Gasteiger partial charge in [-0.15, -0.1) is 0 Å². The van der Waals surface area contributed by atoms with Crippen LogP contribution in [0.15, 0.2) is 24.3 Å². The lowest BCUT2D eigenvalue weighted by Gasteiger charge is -2.35. The molecule has 0 aliphatic carbocycles. The van der Waals surface area contributed by atoms with E-state index in [0.29, 0.717) is 11.8 Å². The van der Waals surface area contributed by atoms with Crippen LogP contribution in [0.25, 0.3) is 0 Å². The molecule has 1 amide bonds. The van der Waals surface area contributed by atoms with Crippen molar-refractivity contribution >= 4 is 5.91 Å². The van der Waals surface area contributed by atoms with Gasteiger partial charge in [0.2, 0.25) is 5.91 Å². The molecule has 1 N–H and O–H groups in total. The highest BCUT2D eigenvalue weighted by Crippen LogP contribution is 2.17. The number of carbonyl (C=O) groups is 1. The Morgan fingerprint density at radius 3 is 2.70 bits per heavy atom. The first-order chi connectivity index (χ1) is 11.2. The van der Waals surface area contributed by atoms with Gasteiger partial charge >= 0.3 is 0 Å². The van der Waals surface area contributed by atoms with E-state index in [9.17, 15) is 4.79 Å². The number of carbonyl (C=O) groups excluding carboxylic acids is 1. The number of amides is 1. The van der Waals surface area contributed by atoms with E-state index in [-0.39, 0.29) is 0 Å². The lowest BCUT2D eigenvalue weighted by atomic mass is 10.0. The van der Waals surface area contributed by atoms with E-state index >= 15 is 0 Å². The molecule has 2 fully saturated rings. The highest BCUT2D eigenvalue weighted by atomic mass is 16.2. The average molecular weight is 315 g/mol. The van der Waals surface area contributed by atoms with E-state index < -0.39 is 0 Å². The van der Waals surface area contributed by atoms with Crippen molar-refractivity contribution in [2.24, 2.45) is 5.92 Å². The molecule has 2 saturated heterocycles. The highest BCUT2D eigenvalue weighted by Gasteiger charge is 2.22. The lowest BCUT2D eigenvalue weighted by molar-refractivity contribution is -0.133. The Labute approximate surface area is 139 Å². The summed E-state index contributed by atoms with van der Waals surface area (Å²) >= 11 is 0. The van der Waals surface area contributed by atoms with Gasteiger partial charge in [-0.2, -0.15) is 0 Å². The second-order valence-electron chi connectivity index (χ2n) is 6.98. The minimum absolute atomic E-state index is 0.354. The van der Waals surface area contributed by atoms with Crippen LogP contribution in [-0.4, -0.2) is 55.0 Å². The molecule has 1 aromatic rings. The Morgan fingerprint density at radius 1 is 1.22 bits per heavy atom. The van der Waals surface area contributed by atoms with E-state index in [1.54, 1.807) is 0 Å². The number of aryl methyl sites for hydroxylation is 1. The third kappa shape index (κ3) is 4.55. The van der Waals surface area contributed by atoms with Crippen LogP contribution < -0.4 is 5.32 Å². The Hall–Kier alpha value is -1.39. The average Bonchev–Trinajstić information content (AvgIpc) is 3.09. The monoisotopic (exact) mass is 315 g/mol. The Kier molecular flexibility index (Phi) is 5.68. The smallest absolute Gasteiger partial charge is 0.222 e. The summed E-state index contributed by atoms with van der Waals surface area (Å²) in [6.07, 6.45) is 3.01. The molecule has 2 aliphatic rings. The molecule has 1 aromatic carbocycles. The van der Waals surface area contributed by atoms with Crippen LogP contribution in [0.5, 0.6) is 0 Å². The van der Waals surface area contributed by atoms with Crippen molar-refractivity contribution in [3.8, 4) is 0 Å². The van der Waals surface area contributed by atoms with Crippen molar-refractivity contribution in [2.75, 3.05) is 39.3 Å². The molecule has 0 radical (unpaired) electrons. The van der Waals surface area contributed by atoms with Crippen molar-refractivity contribution in [3.63, 3.8) is 0 Å². The Bertz CT molecular complexity index is 517. The number of rotatable bonds is 5. The minimum Gasteiger partial charge on any atom is -0.340 e. The normalized spacial score (nSPS) is 22.5. The van der Waals surface area contributed by atoms with Crippen molar-refractivity contribution < 1.29 is 4.79 Å². The van der Waals surface area contributed by atoms with Gasteiger partial charge in [-0.25, -0.2) is 0 Å². The van der Waals surface area contributed by atoms with Gasteiger partial charge in [0.15, 0.2) is 0 Å². The largest absolute Gasteiger partial charge is 0.340 e. The van der Waals surface area contributed by atoms with Gasteiger partial charge in [0.1, 0.15) is 0 Å². The Morgan fingerprint density at radius 2 is 2.00 bits per heavy atom. The van der Waals surface area contributed by atoms with E-state index in [4.69, 9.17) is 0 Å². The lowest BCUT2D eigenvalue weighted by Crippen LogP contribution is -2.48. The summed E-state index contributed by atoms with van der Waals surface area (Å²) in [5.74, 6) is 1.06. The maximum Gasteiger partial charge on any atom is 0.222 e. The minimum atomic E-state index is 0.354. The molecule has 4 heteroatoms. The van der Waals surface area contributed by atoms with Crippen LogP contribution in [0.1, 0.15) is 30.4 Å². The third-order valence-corrected chi connectivity index (χ3v) is 5.31. The number of hydrogen-bond acceptors (Lipinski definition) is 3. The summed E-state index contributed by atoms with van der Waals surface area (Å²) < 4.78 is 0. The molecule has 0 spiro atoms. The topological polar surface area (TPSA) is 35.6 Å². The number of hydrogen-bond donors (Lipinski definition) is 1. The maximum atomic E-state index is 12.4. The Balaban J connectivity index is 1.41. The summed E-state index contributed by atoms with van der Waals surface area (Å²) in [7, 11) is 0. The third-order valence-electron chi connectivity index (χ3n) is 5.31. The van der Waals surface area contributed by atoms with Crippen molar-refractivity contribution in [3.05, 3.63) is 35.4 Å². The molecule has 3 rings (SSSR count). The quantitative estimate of drug-likeness (QED) is 0.903. The van der Waals surface area contributed by atoms with Crippen LogP contribution in [0.3, 0.4) is 0 Å². The molecule has 1 atom stereocenters. The summed E-state index contributed by atoms with van der Waals surface area (Å²) in [5, 5.41) is 3.38. The molecule has 1 unspecified atom stereocenters. The summed E-state index contributed by atoms with van der Waals surface area (Å²) in [6, 6.07) is 8.59. The standard InChI is InChI=1S/C19H29N3O/c1-16-4-2-3-5-18(16)15-21-10-12-22(13-11-21)19(23)7-6-17-8-9-20-14-17/h2-5,17,20H,6-15H2,1H3. The van der Waals surface area contributed by atoms with Gasteiger partial charge < -0.3 is 10.2 Å². The van der Waals surface area contributed by atoms with Crippen molar-refractivity contribution in [1.29, 1.82) is 0 Å². The highest BCUT2D eigenvalue weighted by molar-refractivity contribution is 5.76. The van der Waals surface area contributed by atoms with Crippen LogP contribution >= 0.6 is 0 Å². The van der Waals surface area contributed by atoms with E-state index in [2.05, 4.69) is 46.3 Å². The van der Waals surface area contributed by atoms with Crippen LogP contribution in [0, 0.1) is 12.8 Å². The second-order valence-corrected chi connectivity index (χ2v) is 6.98. The van der Waals surface area contributed by atoms with Crippen LogP contribution in [0.4, 0.5) is 0 Å². The van der Waals surface area contributed by atoms with E-state index in [1.165, 1.54) is 17.5 Å². The molecule has 23 heavy (non-hydrogen) atoms. The second kappa shape index (κ2) is 7.93. The molecule has 0 bridgehead atoms. The fourth-order valence-corrected chi connectivity index (χ4v) is 3.63. The molecule has 4 nitrogen and oxygen atoms in total. The first-order valence-electron chi connectivity index (χ1n) is 8.98. The SMILES string of the molecule is Cc1ccccc1CN1CCN(C(=O)CCC2CCNC2)CC1. The number of piperazine rings is 1. The maximum absolute atomic E-state index is 12.4. The molecule has 0 saturated carbocycles. The molecule has 2 heterocycles. The summed E-state index contributed by atoms with van der Waals surface area (Å²) in [4.78, 5) is 16.9. The van der Waals surface area contributed by atoms with Crippen molar-refractivity contribution in [1.82, 2.24) is 15.1 Å². The van der Waals surface area contributed by atoms with Gasteiger partial charge in [-0.3, -0.25) is 9.69 Å². The van der Waals surface area contributed by atoms with Gasteiger partial charge in [-0.05, 0) is 49.9 Å². The van der Waals surface area contributed by atoms with Gasteiger partial charge in [0.05, 0.1) is 0 Å². The first kappa shape index (κ1) is 16.5. The molecule has 0 aromatic heterocycles. The fraction of sp³-hybridized carbons (Fsp3) is 0.632. The predicted molar refractivity (Wildman–Crippen MR) is 93.2 cm³/mol. The molecule has 126 valence electrons. The van der Waals surface area contributed by atoms with E-state index in [1.807, 2.05) is 0 Å². The molecular formula is C19H29N3O.